The van der Waals surface area contributed by atoms with E-state index in [1.54, 1.807) is 24.3 Å². The summed E-state index contributed by atoms with van der Waals surface area (Å²) in [6, 6.07) is 14.9. The van der Waals surface area contributed by atoms with Gasteiger partial charge in [0.1, 0.15) is 5.75 Å². The molecule has 0 fully saturated rings. The number of amides is 1. The number of ketones is 1. The van der Waals surface area contributed by atoms with Gasteiger partial charge >= 0.3 is 0 Å². The maximum Gasteiger partial charge on any atom is 0.224 e. The van der Waals surface area contributed by atoms with Crippen LogP contribution in [0.1, 0.15) is 55.5 Å². The molecule has 2 rings (SSSR count). The molecular formula is C21H25NO3. The second-order valence-corrected chi connectivity index (χ2v) is 6.32. The summed E-state index contributed by atoms with van der Waals surface area (Å²) in [6.45, 7) is 6.21. The SMILES string of the molecule is CC(=O)c1ccc(OCCCC(=O)Nc2ccccc2C(C)C)cc1. The summed E-state index contributed by atoms with van der Waals surface area (Å²) in [4.78, 5) is 23.3. The lowest BCUT2D eigenvalue weighted by Crippen LogP contribution is -2.14. The number of para-hydroxylation sites is 1. The first kappa shape index (κ1) is 18.7. The van der Waals surface area contributed by atoms with Crippen LogP contribution in [0.25, 0.3) is 0 Å². The third kappa shape index (κ3) is 5.75. The van der Waals surface area contributed by atoms with E-state index in [1.165, 1.54) is 6.92 Å². The first-order valence-electron chi connectivity index (χ1n) is 8.60. The molecule has 132 valence electrons. The Morgan fingerprint density at radius 2 is 1.72 bits per heavy atom. The first-order valence-corrected chi connectivity index (χ1v) is 8.60. The maximum atomic E-state index is 12.1. The molecule has 0 aromatic heterocycles. The van der Waals surface area contributed by atoms with E-state index >= 15 is 0 Å². The van der Waals surface area contributed by atoms with Crippen LogP contribution in [0.3, 0.4) is 0 Å². The summed E-state index contributed by atoms with van der Waals surface area (Å²) in [5.41, 5.74) is 2.68. The molecule has 1 amide bonds. The largest absolute Gasteiger partial charge is 0.494 e. The van der Waals surface area contributed by atoms with Crippen molar-refractivity contribution >= 4 is 17.4 Å². The Labute approximate surface area is 149 Å². The Balaban J connectivity index is 1.76. The van der Waals surface area contributed by atoms with Crippen LogP contribution in [-0.4, -0.2) is 18.3 Å². The minimum absolute atomic E-state index is 0.0105. The topological polar surface area (TPSA) is 55.4 Å². The fourth-order valence-electron chi connectivity index (χ4n) is 2.54. The minimum atomic E-state index is -0.0105. The summed E-state index contributed by atoms with van der Waals surface area (Å²) < 4.78 is 5.61. The van der Waals surface area contributed by atoms with Gasteiger partial charge in [0.25, 0.3) is 0 Å². The molecule has 4 heteroatoms. The summed E-state index contributed by atoms with van der Waals surface area (Å²) >= 11 is 0. The molecule has 1 N–H and O–H groups in total. The summed E-state index contributed by atoms with van der Waals surface area (Å²) in [7, 11) is 0. The number of nitrogens with one attached hydrogen (secondary N) is 1. The van der Waals surface area contributed by atoms with Crippen molar-refractivity contribution in [3.63, 3.8) is 0 Å². The molecule has 0 aliphatic heterocycles. The maximum absolute atomic E-state index is 12.1. The highest BCUT2D eigenvalue weighted by Crippen LogP contribution is 2.23. The summed E-state index contributed by atoms with van der Waals surface area (Å²) in [5.74, 6) is 1.09. The Morgan fingerprint density at radius 3 is 2.36 bits per heavy atom. The number of Topliss-reactive ketones (excluding diaryl/α,β-unsaturated/α-hetero) is 1. The van der Waals surface area contributed by atoms with E-state index in [0.29, 0.717) is 36.7 Å². The van der Waals surface area contributed by atoms with Crippen molar-refractivity contribution < 1.29 is 14.3 Å². The van der Waals surface area contributed by atoms with Gasteiger partial charge in [-0.2, -0.15) is 0 Å². The van der Waals surface area contributed by atoms with E-state index in [9.17, 15) is 9.59 Å². The lowest BCUT2D eigenvalue weighted by molar-refractivity contribution is -0.116. The van der Waals surface area contributed by atoms with Gasteiger partial charge in [-0.15, -0.1) is 0 Å². The zero-order valence-electron chi connectivity index (χ0n) is 15.0. The molecule has 0 aliphatic rings. The van der Waals surface area contributed by atoms with Gasteiger partial charge < -0.3 is 10.1 Å². The Kier molecular flexibility index (Phi) is 6.75. The zero-order valence-corrected chi connectivity index (χ0v) is 15.0. The highest BCUT2D eigenvalue weighted by atomic mass is 16.5. The second-order valence-electron chi connectivity index (χ2n) is 6.32. The van der Waals surface area contributed by atoms with Crippen molar-refractivity contribution in [1.29, 1.82) is 0 Å². The molecular weight excluding hydrogens is 314 g/mol. The number of rotatable bonds is 8. The second kappa shape index (κ2) is 9.02. The number of carbonyl (C=O) groups is 2. The van der Waals surface area contributed by atoms with Crippen LogP contribution in [0.2, 0.25) is 0 Å². The lowest BCUT2D eigenvalue weighted by Gasteiger charge is -2.13. The Hall–Kier alpha value is -2.62. The van der Waals surface area contributed by atoms with Gasteiger partial charge in [-0.05, 0) is 55.2 Å². The summed E-state index contributed by atoms with van der Waals surface area (Å²) in [6.07, 6.45) is 1.03. The van der Waals surface area contributed by atoms with E-state index < -0.39 is 0 Å². The van der Waals surface area contributed by atoms with E-state index in [4.69, 9.17) is 4.74 Å². The number of ether oxygens (including phenoxy) is 1. The molecule has 0 heterocycles. The van der Waals surface area contributed by atoms with Crippen LogP contribution in [0.5, 0.6) is 5.75 Å². The highest BCUT2D eigenvalue weighted by molar-refractivity contribution is 5.94. The number of carbonyl (C=O) groups excluding carboxylic acids is 2. The number of hydrogen-bond acceptors (Lipinski definition) is 3. The fourth-order valence-corrected chi connectivity index (χ4v) is 2.54. The van der Waals surface area contributed by atoms with Crippen molar-refractivity contribution in [3.8, 4) is 5.75 Å². The van der Waals surface area contributed by atoms with E-state index in [2.05, 4.69) is 19.2 Å². The number of hydrogen-bond donors (Lipinski definition) is 1. The lowest BCUT2D eigenvalue weighted by atomic mass is 10.0. The standard InChI is InChI=1S/C21H25NO3/c1-15(2)19-7-4-5-8-20(19)22-21(24)9-6-14-25-18-12-10-17(11-13-18)16(3)23/h4-5,7-8,10-13,15H,6,9,14H2,1-3H3,(H,22,24). The average molecular weight is 339 g/mol. The Morgan fingerprint density at radius 1 is 1.04 bits per heavy atom. The van der Waals surface area contributed by atoms with Gasteiger partial charge in [0, 0.05) is 17.7 Å². The molecule has 2 aromatic carbocycles. The van der Waals surface area contributed by atoms with Gasteiger partial charge in [0.2, 0.25) is 5.91 Å². The van der Waals surface area contributed by atoms with Crippen molar-refractivity contribution in [2.75, 3.05) is 11.9 Å². The quantitative estimate of drug-likeness (QED) is 0.554. The van der Waals surface area contributed by atoms with E-state index in [0.717, 1.165) is 11.3 Å². The molecule has 0 saturated carbocycles. The molecule has 2 aromatic rings. The van der Waals surface area contributed by atoms with Gasteiger partial charge in [0.15, 0.2) is 5.78 Å². The third-order valence-corrected chi connectivity index (χ3v) is 3.93. The molecule has 0 bridgehead atoms. The highest BCUT2D eigenvalue weighted by Gasteiger charge is 2.09. The normalized spacial score (nSPS) is 10.6. The molecule has 0 atom stereocenters. The third-order valence-electron chi connectivity index (χ3n) is 3.93. The van der Waals surface area contributed by atoms with Crippen LogP contribution in [0, 0.1) is 0 Å². The molecule has 0 spiro atoms. The molecule has 0 aliphatic carbocycles. The van der Waals surface area contributed by atoms with E-state index in [-0.39, 0.29) is 11.7 Å². The predicted molar refractivity (Wildman–Crippen MR) is 100 cm³/mol. The summed E-state index contributed by atoms with van der Waals surface area (Å²) in [5, 5.41) is 2.98. The predicted octanol–water partition coefficient (Wildman–Crippen LogP) is 4.81. The van der Waals surface area contributed by atoms with Crippen LogP contribution >= 0.6 is 0 Å². The van der Waals surface area contributed by atoms with Crippen molar-refractivity contribution in [3.05, 3.63) is 59.7 Å². The van der Waals surface area contributed by atoms with Crippen LogP contribution in [-0.2, 0) is 4.79 Å². The average Bonchev–Trinajstić information content (AvgIpc) is 2.59. The minimum Gasteiger partial charge on any atom is -0.494 e. The van der Waals surface area contributed by atoms with Gasteiger partial charge in [0.05, 0.1) is 6.61 Å². The molecule has 25 heavy (non-hydrogen) atoms. The van der Waals surface area contributed by atoms with Gasteiger partial charge in [-0.3, -0.25) is 9.59 Å². The van der Waals surface area contributed by atoms with Crippen LogP contribution < -0.4 is 10.1 Å². The van der Waals surface area contributed by atoms with Crippen LogP contribution in [0.15, 0.2) is 48.5 Å². The van der Waals surface area contributed by atoms with Crippen LogP contribution in [0.4, 0.5) is 5.69 Å². The van der Waals surface area contributed by atoms with Crippen molar-refractivity contribution in [2.24, 2.45) is 0 Å². The number of benzene rings is 2. The van der Waals surface area contributed by atoms with Crippen molar-refractivity contribution in [1.82, 2.24) is 0 Å². The number of anilines is 1. The first-order chi connectivity index (χ1) is 12.0. The van der Waals surface area contributed by atoms with Crippen molar-refractivity contribution in [2.45, 2.75) is 39.5 Å². The monoisotopic (exact) mass is 339 g/mol. The van der Waals surface area contributed by atoms with Gasteiger partial charge in [-0.25, -0.2) is 0 Å². The van der Waals surface area contributed by atoms with Gasteiger partial charge in [-0.1, -0.05) is 32.0 Å². The van der Waals surface area contributed by atoms with E-state index in [1.807, 2.05) is 24.3 Å². The molecule has 0 saturated heterocycles. The fraction of sp³-hybridized carbons (Fsp3) is 0.333. The molecule has 0 radical (unpaired) electrons. The molecule has 4 nitrogen and oxygen atoms in total. The Bertz CT molecular complexity index is 720. The smallest absolute Gasteiger partial charge is 0.224 e. The zero-order chi connectivity index (χ0) is 18.2. The molecule has 0 unspecified atom stereocenters.